The summed E-state index contributed by atoms with van der Waals surface area (Å²) >= 11 is 0. The highest BCUT2D eigenvalue weighted by Gasteiger charge is 2.53. The van der Waals surface area contributed by atoms with E-state index in [1.165, 1.54) is 4.90 Å². The van der Waals surface area contributed by atoms with E-state index in [4.69, 9.17) is 14.2 Å². The number of hydrogen-bond donors (Lipinski definition) is 2. The Kier molecular flexibility index (Phi) is 7.54. The summed E-state index contributed by atoms with van der Waals surface area (Å²) in [6, 6.07) is 13.6. The zero-order valence-corrected chi connectivity index (χ0v) is 22.7. The van der Waals surface area contributed by atoms with E-state index in [9.17, 15) is 19.5 Å². The molecule has 1 aliphatic heterocycles. The minimum atomic E-state index is -1.21. The van der Waals surface area contributed by atoms with Crippen LogP contribution in [0.3, 0.4) is 0 Å². The van der Waals surface area contributed by atoms with Crippen LogP contribution in [-0.2, 0) is 23.8 Å². The minimum absolute atomic E-state index is 0.0774. The first-order chi connectivity index (χ1) is 17.8. The fourth-order valence-electron chi connectivity index (χ4n) is 5.29. The van der Waals surface area contributed by atoms with Crippen LogP contribution in [0.5, 0.6) is 0 Å². The number of nitrogens with zero attached hydrogens (tertiary/aromatic N) is 1. The Morgan fingerprint density at radius 3 is 2.13 bits per heavy atom. The van der Waals surface area contributed by atoms with E-state index in [1.807, 2.05) is 69.3 Å². The van der Waals surface area contributed by atoms with Gasteiger partial charge in [0.15, 0.2) is 6.04 Å². The Hall–Kier alpha value is -3.43. The molecule has 9 nitrogen and oxygen atoms in total. The van der Waals surface area contributed by atoms with Crippen LogP contribution in [0, 0.1) is 0 Å². The molecule has 9 heteroatoms. The third kappa shape index (κ3) is 5.54. The first-order valence-corrected chi connectivity index (χ1v) is 12.8. The van der Waals surface area contributed by atoms with Crippen LogP contribution in [0.2, 0.25) is 0 Å². The van der Waals surface area contributed by atoms with Crippen molar-refractivity contribution in [3.63, 3.8) is 0 Å². The maximum atomic E-state index is 13.7. The van der Waals surface area contributed by atoms with Gasteiger partial charge in [-0.3, -0.25) is 9.69 Å². The van der Waals surface area contributed by atoms with Crippen molar-refractivity contribution in [2.75, 3.05) is 13.2 Å². The van der Waals surface area contributed by atoms with Crippen molar-refractivity contribution in [3.8, 4) is 11.1 Å². The van der Waals surface area contributed by atoms with E-state index < -0.39 is 47.5 Å². The summed E-state index contributed by atoms with van der Waals surface area (Å²) < 4.78 is 17.2. The van der Waals surface area contributed by atoms with Crippen molar-refractivity contribution < 1.29 is 33.7 Å². The van der Waals surface area contributed by atoms with Crippen molar-refractivity contribution in [1.82, 2.24) is 10.2 Å². The fraction of sp³-hybridized carbons (Fsp3) is 0.483. The number of aliphatic carboxylic acids is 1. The number of carbonyl (C=O) groups is 3. The molecule has 2 aliphatic rings. The second kappa shape index (κ2) is 10.4. The summed E-state index contributed by atoms with van der Waals surface area (Å²) in [7, 11) is 0. The number of amides is 2. The summed E-state index contributed by atoms with van der Waals surface area (Å²) in [5.41, 5.74) is 2.56. The molecule has 3 atom stereocenters. The highest BCUT2D eigenvalue weighted by Crippen LogP contribution is 2.44. The lowest BCUT2D eigenvalue weighted by Crippen LogP contribution is -2.59. The van der Waals surface area contributed by atoms with Gasteiger partial charge in [-0.15, -0.1) is 0 Å². The SMILES string of the molecule is C[C@@H]1OC(C)(C)N(C(=O)[C@@H](COC(C)(C)C)NC(=O)OCC2c3ccccc3-c3ccccc32)[C@@H]1C(=O)O. The molecule has 0 radical (unpaired) electrons. The highest BCUT2D eigenvalue weighted by molar-refractivity contribution is 5.90. The first-order valence-electron chi connectivity index (χ1n) is 12.8. The van der Waals surface area contributed by atoms with Gasteiger partial charge < -0.3 is 24.6 Å². The molecule has 2 aromatic carbocycles. The van der Waals surface area contributed by atoms with Crippen molar-refractivity contribution in [2.45, 2.75) is 77.0 Å². The Balaban J connectivity index is 1.51. The largest absolute Gasteiger partial charge is 0.480 e. The first kappa shape index (κ1) is 27.6. The summed E-state index contributed by atoms with van der Waals surface area (Å²) in [6.45, 7) is 10.2. The summed E-state index contributed by atoms with van der Waals surface area (Å²) in [6.07, 6.45) is -1.52. The summed E-state index contributed by atoms with van der Waals surface area (Å²) in [4.78, 5) is 39.9. The number of carboxylic acids is 1. The number of fused-ring (bicyclic) bond motifs is 3. The van der Waals surface area contributed by atoms with Crippen molar-refractivity contribution in [3.05, 3.63) is 59.7 Å². The monoisotopic (exact) mass is 524 g/mol. The third-order valence-corrected chi connectivity index (χ3v) is 6.88. The van der Waals surface area contributed by atoms with E-state index in [1.54, 1.807) is 20.8 Å². The van der Waals surface area contributed by atoms with Gasteiger partial charge in [-0.05, 0) is 63.8 Å². The maximum Gasteiger partial charge on any atom is 0.407 e. The molecule has 0 bridgehead atoms. The number of rotatable bonds is 7. The minimum Gasteiger partial charge on any atom is -0.480 e. The molecule has 1 saturated heterocycles. The molecule has 0 aromatic heterocycles. The molecule has 0 saturated carbocycles. The van der Waals surface area contributed by atoms with E-state index in [-0.39, 0.29) is 19.1 Å². The quantitative estimate of drug-likeness (QED) is 0.559. The Labute approximate surface area is 223 Å². The standard InChI is InChI=1S/C29H36N2O7/c1-17-24(26(33)34)31(29(5,6)38-17)25(32)23(16-37-28(2,3)4)30-27(35)36-15-22-20-13-9-7-11-18(20)19-12-8-10-14-21(19)22/h7-14,17,22-24H,15-16H2,1-6H3,(H,30,35)(H,33,34)/t17-,23+,24-/m0/s1. The number of hydrogen-bond acceptors (Lipinski definition) is 6. The van der Waals surface area contributed by atoms with Gasteiger partial charge in [-0.1, -0.05) is 48.5 Å². The lowest BCUT2D eigenvalue weighted by atomic mass is 9.98. The summed E-state index contributed by atoms with van der Waals surface area (Å²) in [5, 5.41) is 12.4. The zero-order valence-electron chi connectivity index (χ0n) is 22.7. The lowest BCUT2D eigenvalue weighted by Gasteiger charge is -2.35. The van der Waals surface area contributed by atoms with Crippen LogP contribution in [0.4, 0.5) is 4.79 Å². The predicted molar refractivity (Wildman–Crippen MR) is 141 cm³/mol. The predicted octanol–water partition coefficient (Wildman–Crippen LogP) is 4.15. The maximum absolute atomic E-state index is 13.7. The molecular formula is C29H36N2O7. The van der Waals surface area contributed by atoms with Crippen LogP contribution in [0.25, 0.3) is 11.1 Å². The molecule has 2 N–H and O–H groups in total. The van der Waals surface area contributed by atoms with Crippen molar-refractivity contribution in [2.24, 2.45) is 0 Å². The Bertz CT molecular complexity index is 1170. The van der Waals surface area contributed by atoms with Gasteiger partial charge in [-0.2, -0.15) is 0 Å². The van der Waals surface area contributed by atoms with Crippen LogP contribution >= 0.6 is 0 Å². The zero-order chi connectivity index (χ0) is 27.8. The number of ether oxygens (including phenoxy) is 3. The number of carbonyl (C=O) groups excluding carboxylic acids is 2. The Morgan fingerprint density at radius 2 is 1.61 bits per heavy atom. The molecule has 4 rings (SSSR count). The molecule has 204 valence electrons. The highest BCUT2D eigenvalue weighted by atomic mass is 16.6. The number of carboxylic acid groups (broad SMARTS) is 1. The molecule has 0 unspecified atom stereocenters. The molecule has 2 aromatic rings. The Morgan fingerprint density at radius 1 is 1.05 bits per heavy atom. The lowest BCUT2D eigenvalue weighted by molar-refractivity contribution is -0.158. The number of benzene rings is 2. The van der Waals surface area contributed by atoms with E-state index >= 15 is 0 Å². The van der Waals surface area contributed by atoms with E-state index in [0.717, 1.165) is 22.3 Å². The number of alkyl carbamates (subject to hydrolysis) is 1. The van der Waals surface area contributed by atoms with Crippen molar-refractivity contribution in [1.29, 1.82) is 0 Å². The second-order valence-electron chi connectivity index (χ2n) is 11.2. The van der Waals surface area contributed by atoms with Gasteiger partial charge in [0.1, 0.15) is 18.4 Å². The van der Waals surface area contributed by atoms with Gasteiger partial charge in [0.25, 0.3) is 5.91 Å². The van der Waals surface area contributed by atoms with Gasteiger partial charge >= 0.3 is 12.1 Å². The average Bonchev–Trinajstić information content (AvgIpc) is 3.29. The molecule has 38 heavy (non-hydrogen) atoms. The third-order valence-electron chi connectivity index (χ3n) is 6.88. The van der Waals surface area contributed by atoms with Crippen LogP contribution in [-0.4, -0.2) is 70.7 Å². The second-order valence-corrected chi connectivity index (χ2v) is 11.2. The molecular weight excluding hydrogens is 488 g/mol. The number of nitrogens with one attached hydrogen (secondary N) is 1. The van der Waals surface area contributed by atoms with E-state index in [0.29, 0.717) is 0 Å². The van der Waals surface area contributed by atoms with Crippen molar-refractivity contribution >= 4 is 18.0 Å². The topological polar surface area (TPSA) is 114 Å². The van der Waals surface area contributed by atoms with Crippen LogP contribution in [0.1, 0.15) is 58.6 Å². The average molecular weight is 525 g/mol. The van der Waals surface area contributed by atoms with Crippen LogP contribution in [0.15, 0.2) is 48.5 Å². The van der Waals surface area contributed by atoms with Gasteiger partial charge in [-0.25, -0.2) is 9.59 Å². The molecule has 0 spiro atoms. The van der Waals surface area contributed by atoms with Gasteiger partial charge in [0.05, 0.1) is 18.3 Å². The van der Waals surface area contributed by atoms with E-state index in [2.05, 4.69) is 5.32 Å². The molecule has 2 amide bonds. The van der Waals surface area contributed by atoms with Gasteiger partial charge in [0, 0.05) is 5.92 Å². The molecule has 1 aliphatic carbocycles. The normalized spacial score (nSPS) is 20.9. The fourth-order valence-corrected chi connectivity index (χ4v) is 5.29. The smallest absolute Gasteiger partial charge is 0.407 e. The summed E-state index contributed by atoms with van der Waals surface area (Å²) in [5.74, 6) is -1.95. The molecule has 1 heterocycles. The van der Waals surface area contributed by atoms with Crippen LogP contribution < -0.4 is 5.32 Å². The molecule has 1 fully saturated rings. The van der Waals surface area contributed by atoms with Gasteiger partial charge in [0.2, 0.25) is 0 Å².